The summed E-state index contributed by atoms with van der Waals surface area (Å²) in [5.74, 6) is 0.639. The van der Waals surface area contributed by atoms with Gasteiger partial charge in [-0.2, -0.15) is 0 Å². The molecule has 0 aliphatic carbocycles. The molecule has 0 aromatic rings. The molecule has 1 aliphatic rings. The van der Waals surface area contributed by atoms with Crippen molar-refractivity contribution < 1.29 is 0 Å². The van der Waals surface area contributed by atoms with E-state index in [0.29, 0.717) is 18.0 Å². The molecule has 1 fully saturated rings. The second-order valence-electron chi connectivity index (χ2n) is 5.14. The largest absolute Gasteiger partial charge is 0.326 e. The van der Waals surface area contributed by atoms with Crippen molar-refractivity contribution >= 4 is 0 Å². The Bertz CT molecular complexity index is 184. The van der Waals surface area contributed by atoms with Gasteiger partial charge in [0, 0.05) is 38.3 Å². The Morgan fingerprint density at radius 3 is 2.60 bits per heavy atom. The van der Waals surface area contributed by atoms with Crippen LogP contribution < -0.4 is 5.73 Å². The van der Waals surface area contributed by atoms with E-state index < -0.39 is 0 Å². The maximum atomic E-state index is 6.18. The van der Waals surface area contributed by atoms with Crippen LogP contribution in [0, 0.1) is 5.92 Å². The van der Waals surface area contributed by atoms with Crippen molar-refractivity contribution in [3.63, 3.8) is 0 Å². The lowest BCUT2D eigenvalue weighted by molar-refractivity contribution is 0.0953. The molecule has 1 rings (SSSR count). The molecule has 2 N–H and O–H groups in total. The van der Waals surface area contributed by atoms with E-state index in [0.717, 1.165) is 6.54 Å². The Hall–Kier alpha value is -0.120. The molecular formula is C12H27N3. The molecule has 0 amide bonds. The van der Waals surface area contributed by atoms with Crippen LogP contribution in [0.1, 0.15) is 27.2 Å². The van der Waals surface area contributed by atoms with Crippen molar-refractivity contribution in [3.05, 3.63) is 0 Å². The smallest absolute Gasteiger partial charge is 0.0193 e. The fourth-order valence-corrected chi connectivity index (χ4v) is 2.07. The molecule has 0 bridgehead atoms. The van der Waals surface area contributed by atoms with E-state index in [9.17, 15) is 0 Å². The zero-order valence-corrected chi connectivity index (χ0v) is 10.7. The predicted molar refractivity (Wildman–Crippen MR) is 66.0 cm³/mol. The van der Waals surface area contributed by atoms with Crippen LogP contribution in [0.25, 0.3) is 0 Å². The van der Waals surface area contributed by atoms with E-state index >= 15 is 0 Å². The molecule has 1 aliphatic heterocycles. The van der Waals surface area contributed by atoms with Gasteiger partial charge in [0.1, 0.15) is 0 Å². The molecule has 0 aromatic heterocycles. The highest BCUT2D eigenvalue weighted by atomic mass is 15.3. The molecule has 90 valence electrons. The second kappa shape index (κ2) is 5.83. The highest BCUT2D eigenvalue weighted by Crippen LogP contribution is 2.11. The van der Waals surface area contributed by atoms with E-state index in [-0.39, 0.29) is 0 Å². The molecule has 1 saturated heterocycles. The minimum absolute atomic E-state index is 0.339. The lowest BCUT2D eigenvalue weighted by atomic mass is 9.99. The highest BCUT2D eigenvalue weighted by Gasteiger charge is 2.23. The summed E-state index contributed by atoms with van der Waals surface area (Å²) in [6.07, 6.45) is 1.18. The van der Waals surface area contributed by atoms with Gasteiger partial charge < -0.3 is 10.6 Å². The molecule has 3 atom stereocenters. The number of hydrogen-bond acceptors (Lipinski definition) is 3. The summed E-state index contributed by atoms with van der Waals surface area (Å²) < 4.78 is 0. The maximum absolute atomic E-state index is 6.18. The number of piperazine rings is 1. The number of nitrogens with zero attached hydrogens (tertiary/aromatic N) is 2. The Kier molecular flexibility index (Phi) is 5.03. The van der Waals surface area contributed by atoms with Gasteiger partial charge in [0.2, 0.25) is 0 Å². The summed E-state index contributed by atoms with van der Waals surface area (Å²) in [5.41, 5.74) is 6.18. The van der Waals surface area contributed by atoms with E-state index in [2.05, 4.69) is 37.6 Å². The van der Waals surface area contributed by atoms with Crippen LogP contribution in [-0.2, 0) is 0 Å². The molecular weight excluding hydrogens is 186 g/mol. The standard InChI is InChI=1S/C12H27N3/c1-5-10(2)12(13)9-15-7-6-14(4)11(3)8-15/h10-12H,5-9,13H2,1-4H3. The summed E-state index contributed by atoms with van der Waals surface area (Å²) in [5, 5.41) is 0. The Morgan fingerprint density at radius 2 is 2.07 bits per heavy atom. The van der Waals surface area contributed by atoms with Crippen LogP contribution in [0.2, 0.25) is 0 Å². The average molecular weight is 213 g/mol. The summed E-state index contributed by atoms with van der Waals surface area (Å²) in [4.78, 5) is 4.94. The van der Waals surface area contributed by atoms with E-state index in [1.165, 1.54) is 26.1 Å². The zero-order chi connectivity index (χ0) is 11.4. The van der Waals surface area contributed by atoms with Crippen LogP contribution in [0.15, 0.2) is 0 Å². The van der Waals surface area contributed by atoms with Gasteiger partial charge in [-0.3, -0.25) is 4.90 Å². The zero-order valence-electron chi connectivity index (χ0n) is 10.7. The lowest BCUT2D eigenvalue weighted by Gasteiger charge is -2.39. The van der Waals surface area contributed by atoms with Gasteiger partial charge in [-0.15, -0.1) is 0 Å². The van der Waals surface area contributed by atoms with Crippen LogP contribution in [0.4, 0.5) is 0 Å². The molecule has 0 aromatic carbocycles. The van der Waals surface area contributed by atoms with Crippen LogP contribution in [0.5, 0.6) is 0 Å². The first-order valence-corrected chi connectivity index (χ1v) is 6.22. The van der Waals surface area contributed by atoms with Crippen LogP contribution in [0.3, 0.4) is 0 Å². The van der Waals surface area contributed by atoms with Gasteiger partial charge in [-0.25, -0.2) is 0 Å². The molecule has 0 saturated carbocycles. The molecule has 15 heavy (non-hydrogen) atoms. The predicted octanol–water partition coefficient (Wildman–Crippen LogP) is 0.996. The van der Waals surface area contributed by atoms with Crippen molar-refractivity contribution in [3.8, 4) is 0 Å². The molecule has 3 heteroatoms. The average Bonchev–Trinajstić information content (AvgIpc) is 2.22. The van der Waals surface area contributed by atoms with Crippen molar-refractivity contribution in [2.75, 3.05) is 33.2 Å². The first-order valence-electron chi connectivity index (χ1n) is 6.22. The summed E-state index contributed by atoms with van der Waals surface area (Å²) in [6.45, 7) is 11.3. The van der Waals surface area contributed by atoms with Crippen molar-refractivity contribution in [1.82, 2.24) is 9.80 Å². The third-order valence-corrected chi connectivity index (χ3v) is 3.89. The second-order valence-corrected chi connectivity index (χ2v) is 5.14. The van der Waals surface area contributed by atoms with Gasteiger partial charge in [0.05, 0.1) is 0 Å². The van der Waals surface area contributed by atoms with Gasteiger partial charge in [-0.1, -0.05) is 20.3 Å². The van der Waals surface area contributed by atoms with E-state index in [1.54, 1.807) is 0 Å². The molecule has 3 nitrogen and oxygen atoms in total. The first-order chi connectivity index (χ1) is 7.04. The molecule has 3 unspecified atom stereocenters. The fraction of sp³-hybridized carbons (Fsp3) is 1.00. The molecule has 0 spiro atoms. The van der Waals surface area contributed by atoms with Gasteiger partial charge >= 0.3 is 0 Å². The number of nitrogens with two attached hydrogens (primary N) is 1. The number of rotatable bonds is 4. The molecule has 0 radical (unpaired) electrons. The van der Waals surface area contributed by atoms with E-state index in [4.69, 9.17) is 5.73 Å². The van der Waals surface area contributed by atoms with Crippen molar-refractivity contribution in [1.29, 1.82) is 0 Å². The number of likely N-dealkylation sites (N-methyl/N-ethyl adjacent to an activating group) is 1. The number of hydrogen-bond donors (Lipinski definition) is 1. The van der Waals surface area contributed by atoms with Crippen molar-refractivity contribution in [2.24, 2.45) is 11.7 Å². The summed E-state index contributed by atoms with van der Waals surface area (Å²) in [7, 11) is 2.20. The first kappa shape index (κ1) is 12.9. The topological polar surface area (TPSA) is 32.5 Å². The molecule has 1 heterocycles. The Morgan fingerprint density at radius 1 is 1.40 bits per heavy atom. The SMILES string of the molecule is CCC(C)C(N)CN1CCN(C)C(C)C1. The minimum Gasteiger partial charge on any atom is -0.326 e. The van der Waals surface area contributed by atoms with Gasteiger partial charge in [0.25, 0.3) is 0 Å². The Balaban J connectivity index is 2.33. The van der Waals surface area contributed by atoms with Gasteiger partial charge in [0.15, 0.2) is 0 Å². The van der Waals surface area contributed by atoms with Crippen LogP contribution in [-0.4, -0.2) is 55.1 Å². The van der Waals surface area contributed by atoms with Crippen molar-refractivity contribution in [2.45, 2.75) is 39.3 Å². The van der Waals surface area contributed by atoms with Gasteiger partial charge in [-0.05, 0) is 19.9 Å². The normalized spacial score (nSPS) is 29.0. The third kappa shape index (κ3) is 3.74. The summed E-state index contributed by atoms with van der Waals surface area (Å²) in [6, 6.07) is 1.01. The highest BCUT2D eigenvalue weighted by molar-refractivity contribution is 4.80. The minimum atomic E-state index is 0.339. The maximum Gasteiger partial charge on any atom is 0.0193 e. The fourth-order valence-electron chi connectivity index (χ4n) is 2.07. The van der Waals surface area contributed by atoms with E-state index in [1.807, 2.05) is 0 Å². The Labute approximate surface area is 94.6 Å². The monoisotopic (exact) mass is 213 g/mol. The third-order valence-electron chi connectivity index (χ3n) is 3.89. The summed E-state index contributed by atoms with van der Waals surface area (Å²) >= 11 is 0. The van der Waals surface area contributed by atoms with Crippen LogP contribution >= 0.6 is 0 Å². The quantitative estimate of drug-likeness (QED) is 0.756. The lowest BCUT2D eigenvalue weighted by Crippen LogP contribution is -2.53.